The molecule has 2 aliphatic carbocycles. The van der Waals surface area contributed by atoms with E-state index in [0.29, 0.717) is 35.5 Å². The maximum absolute atomic E-state index is 6.14. The predicted octanol–water partition coefficient (Wildman–Crippen LogP) is 2.17. The van der Waals surface area contributed by atoms with E-state index >= 15 is 0 Å². The van der Waals surface area contributed by atoms with Gasteiger partial charge in [-0.25, -0.2) is 0 Å². The summed E-state index contributed by atoms with van der Waals surface area (Å²) in [5.74, 6) is 1.70. The molecular weight excluding hydrogens is 214 g/mol. The Morgan fingerprint density at radius 3 is 3.06 bits per heavy atom. The molecule has 0 unspecified atom stereocenters. The lowest BCUT2D eigenvalue weighted by Crippen LogP contribution is -2.43. The Balaban J connectivity index is 1.89. The van der Waals surface area contributed by atoms with Crippen LogP contribution >= 0.6 is 0 Å². The summed E-state index contributed by atoms with van der Waals surface area (Å²) in [6, 6.07) is 0.461. The highest BCUT2D eigenvalue weighted by Gasteiger charge is 2.68. The lowest BCUT2D eigenvalue weighted by atomic mass is 9.70. The minimum atomic E-state index is 0.310. The van der Waals surface area contributed by atoms with Gasteiger partial charge in [-0.2, -0.15) is 0 Å². The average molecular weight is 233 g/mol. The first-order valence-electron chi connectivity index (χ1n) is 6.56. The Kier molecular flexibility index (Phi) is 1.62. The molecule has 2 fully saturated rings. The molecule has 4 nitrogen and oxygen atoms in total. The Morgan fingerprint density at radius 1 is 1.41 bits per heavy atom. The second kappa shape index (κ2) is 2.74. The molecule has 1 aromatic heterocycles. The lowest BCUT2D eigenvalue weighted by Gasteiger charge is -2.41. The summed E-state index contributed by atoms with van der Waals surface area (Å²) in [6.07, 6.45) is 4.85. The summed E-state index contributed by atoms with van der Waals surface area (Å²) >= 11 is 0. The van der Waals surface area contributed by atoms with Crippen LogP contribution in [0.5, 0.6) is 0 Å². The molecule has 1 aliphatic heterocycles. The van der Waals surface area contributed by atoms with Gasteiger partial charge in [-0.1, -0.05) is 20.8 Å². The number of rotatable bonds is 0. The van der Waals surface area contributed by atoms with Gasteiger partial charge in [-0.05, 0) is 24.2 Å². The standard InChI is InChI=1S/C13H19N3O/c1-12(2)8-4-5-13(12,3)11-10(8)16-7-14-15-9(16)6-17-11/h7-8,10-11H,4-6H2,1-3H3/t8-,10-,11-,13+/m1/s1. The zero-order chi connectivity index (χ0) is 11.8. The van der Waals surface area contributed by atoms with Crippen LogP contribution in [0.2, 0.25) is 0 Å². The molecule has 4 heteroatoms. The van der Waals surface area contributed by atoms with Crippen LogP contribution in [0, 0.1) is 16.7 Å². The van der Waals surface area contributed by atoms with Crippen LogP contribution < -0.4 is 0 Å². The maximum atomic E-state index is 6.14. The molecule has 92 valence electrons. The summed E-state index contributed by atoms with van der Waals surface area (Å²) in [5.41, 5.74) is 0.665. The van der Waals surface area contributed by atoms with Crippen LogP contribution in [0.3, 0.4) is 0 Å². The van der Waals surface area contributed by atoms with E-state index < -0.39 is 0 Å². The van der Waals surface area contributed by atoms with Crippen LogP contribution in [0.15, 0.2) is 6.33 Å². The molecule has 0 amide bonds. The fraction of sp³-hybridized carbons (Fsp3) is 0.846. The Bertz CT molecular complexity index is 481. The smallest absolute Gasteiger partial charge is 0.159 e. The van der Waals surface area contributed by atoms with Crippen molar-refractivity contribution in [3.63, 3.8) is 0 Å². The van der Waals surface area contributed by atoms with Crippen LogP contribution in [0.25, 0.3) is 0 Å². The van der Waals surface area contributed by atoms with Gasteiger partial charge in [-0.15, -0.1) is 10.2 Å². The highest BCUT2D eigenvalue weighted by atomic mass is 16.5. The minimum Gasteiger partial charge on any atom is -0.367 e. The molecule has 2 bridgehead atoms. The third-order valence-corrected chi connectivity index (χ3v) is 6.08. The van der Waals surface area contributed by atoms with Crippen molar-refractivity contribution < 1.29 is 4.74 Å². The van der Waals surface area contributed by atoms with Crippen molar-refractivity contribution >= 4 is 0 Å². The van der Waals surface area contributed by atoms with E-state index in [9.17, 15) is 0 Å². The highest BCUT2D eigenvalue weighted by Crippen LogP contribution is 2.70. The Labute approximate surface area is 101 Å². The van der Waals surface area contributed by atoms with E-state index in [4.69, 9.17) is 4.74 Å². The molecule has 0 saturated heterocycles. The van der Waals surface area contributed by atoms with Crippen molar-refractivity contribution in [2.24, 2.45) is 16.7 Å². The molecule has 3 aliphatic rings. The Hall–Kier alpha value is -0.900. The molecule has 2 heterocycles. The quantitative estimate of drug-likeness (QED) is 0.689. The maximum Gasteiger partial charge on any atom is 0.159 e. The normalized spacial score (nSPS) is 45.7. The number of nitrogens with zero attached hydrogens (tertiary/aromatic N) is 3. The van der Waals surface area contributed by atoms with Gasteiger partial charge in [0.25, 0.3) is 0 Å². The van der Waals surface area contributed by atoms with E-state index in [2.05, 4.69) is 35.5 Å². The highest BCUT2D eigenvalue weighted by molar-refractivity contribution is 5.19. The molecule has 1 aromatic rings. The van der Waals surface area contributed by atoms with Gasteiger partial charge >= 0.3 is 0 Å². The molecule has 4 rings (SSSR count). The van der Waals surface area contributed by atoms with Crippen molar-refractivity contribution in [3.8, 4) is 0 Å². The molecule has 0 spiro atoms. The number of hydrogen-bond donors (Lipinski definition) is 0. The summed E-state index contributed by atoms with van der Waals surface area (Å²) in [6.45, 7) is 7.86. The predicted molar refractivity (Wildman–Crippen MR) is 62.2 cm³/mol. The second-order valence-electron chi connectivity index (χ2n) is 6.66. The number of aromatic nitrogens is 3. The summed E-state index contributed by atoms with van der Waals surface area (Å²) in [4.78, 5) is 0. The Morgan fingerprint density at radius 2 is 2.24 bits per heavy atom. The molecule has 4 atom stereocenters. The minimum absolute atomic E-state index is 0.310. The molecule has 0 radical (unpaired) electrons. The van der Waals surface area contributed by atoms with Crippen LogP contribution in [0.1, 0.15) is 45.5 Å². The van der Waals surface area contributed by atoms with E-state index in [1.54, 1.807) is 0 Å². The van der Waals surface area contributed by atoms with E-state index in [1.807, 2.05) is 6.33 Å². The third kappa shape index (κ3) is 0.919. The largest absolute Gasteiger partial charge is 0.367 e. The second-order valence-corrected chi connectivity index (χ2v) is 6.66. The van der Waals surface area contributed by atoms with Gasteiger partial charge in [0.1, 0.15) is 12.9 Å². The van der Waals surface area contributed by atoms with E-state index in [0.717, 1.165) is 5.82 Å². The first kappa shape index (κ1) is 10.1. The number of ether oxygens (including phenoxy) is 1. The van der Waals surface area contributed by atoms with Gasteiger partial charge in [-0.3, -0.25) is 0 Å². The molecule has 17 heavy (non-hydrogen) atoms. The van der Waals surface area contributed by atoms with Crippen molar-refractivity contribution in [3.05, 3.63) is 12.2 Å². The van der Waals surface area contributed by atoms with Gasteiger partial charge in [0.05, 0.1) is 12.1 Å². The van der Waals surface area contributed by atoms with Crippen molar-refractivity contribution in [2.45, 2.75) is 52.4 Å². The number of hydrogen-bond acceptors (Lipinski definition) is 3. The average Bonchev–Trinajstić information content (AvgIpc) is 2.88. The van der Waals surface area contributed by atoms with E-state index in [-0.39, 0.29) is 0 Å². The van der Waals surface area contributed by atoms with Crippen molar-refractivity contribution in [1.82, 2.24) is 14.8 Å². The number of fused-ring (bicyclic) bond motifs is 7. The monoisotopic (exact) mass is 233 g/mol. The molecule has 0 N–H and O–H groups in total. The van der Waals surface area contributed by atoms with Gasteiger partial charge in [0, 0.05) is 5.41 Å². The summed E-state index contributed by atoms with van der Waals surface area (Å²) in [5, 5.41) is 8.21. The van der Waals surface area contributed by atoms with Crippen LogP contribution in [-0.4, -0.2) is 20.9 Å². The SMILES string of the molecule is CC1(C)[C@@H]2CC[C@@]1(C)[C@@H]1OCc3nncn3[C@H]21. The summed E-state index contributed by atoms with van der Waals surface area (Å²) < 4.78 is 8.42. The first-order valence-corrected chi connectivity index (χ1v) is 6.56. The first-order chi connectivity index (χ1) is 8.06. The van der Waals surface area contributed by atoms with Crippen molar-refractivity contribution in [2.75, 3.05) is 0 Å². The van der Waals surface area contributed by atoms with Crippen LogP contribution in [-0.2, 0) is 11.3 Å². The molecule has 0 aromatic carbocycles. The van der Waals surface area contributed by atoms with Crippen molar-refractivity contribution in [1.29, 1.82) is 0 Å². The summed E-state index contributed by atoms with van der Waals surface area (Å²) in [7, 11) is 0. The van der Waals surface area contributed by atoms with Gasteiger partial charge in [0.15, 0.2) is 5.82 Å². The third-order valence-electron chi connectivity index (χ3n) is 6.08. The van der Waals surface area contributed by atoms with Gasteiger partial charge in [0.2, 0.25) is 0 Å². The van der Waals surface area contributed by atoms with E-state index in [1.165, 1.54) is 12.8 Å². The fourth-order valence-corrected chi connectivity index (χ4v) is 4.66. The molecule has 2 saturated carbocycles. The fourth-order valence-electron chi connectivity index (χ4n) is 4.66. The molecular formula is C13H19N3O. The zero-order valence-electron chi connectivity index (χ0n) is 10.7. The lowest BCUT2D eigenvalue weighted by molar-refractivity contribution is -0.0927. The topological polar surface area (TPSA) is 39.9 Å². The van der Waals surface area contributed by atoms with Gasteiger partial charge < -0.3 is 9.30 Å². The zero-order valence-corrected chi connectivity index (χ0v) is 10.7. The van der Waals surface area contributed by atoms with Crippen LogP contribution in [0.4, 0.5) is 0 Å².